The molecule has 1 N–H and O–H groups in total. The van der Waals surface area contributed by atoms with Gasteiger partial charge in [0.05, 0.1) is 0 Å². The lowest BCUT2D eigenvalue weighted by molar-refractivity contribution is 0.231. The Kier molecular flexibility index (Phi) is 4.10. The first-order valence-corrected chi connectivity index (χ1v) is 9.65. The highest BCUT2D eigenvalue weighted by Gasteiger charge is 2.57. The highest BCUT2D eigenvalue weighted by atomic mass is 15.3. The van der Waals surface area contributed by atoms with Crippen molar-refractivity contribution in [1.29, 1.82) is 0 Å². The molecule has 0 amide bonds. The fourth-order valence-corrected chi connectivity index (χ4v) is 5.02. The van der Waals surface area contributed by atoms with Gasteiger partial charge in [-0.2, -0.15) is 0 Å². The average Bonchev–Trinajstić information content (AvgIpc) is 2.99. The minimum absolute atomic E-state index is 0.503. The van der Waals surface area contributed by atoms with Gasteiger partial charge in [0, 0.05) is 43.3 Å². The molecule has 1 aliphatic carbocycles. The zero-order chi connectivity index (χ0) is 15.9. The normalized spacial score (nSPS) is 35.3. The zero-order valence-corrected chi connectivity index (χ0v) is 14.7. The van der Waals surface area contributed by atoms with E-state index in [0.29, 0.717) is 5.41 Å². The summed E-state index contributed by atoms with van der Waals surface area (Å²) in [6, 6.07) is 10.4. The third-order valence-electron chi connectivity index (χ3n) is 6.46. The molecule has 3 heterocycles. The molecule has 1 aromatic carbocycles. The predicted molar refractivity (Wildman–Crippen MR) is 97.3 cm³/mol. The van der Waals surface area contributed by atoms with Crippen molar-refractivity contribution in [3.8, 4) is 0 Å². The summed E-state index contributed by atoms with van der Waals surface area (Å²) < 4.78 is 0. The van der Waals surface area contributed by atoms with Gasteiger partial charge in [-0.15, -0.1) is 0 Å². The van der Waals surface area contributed by atoms with E-state index in [9.17, 15) is 0 Å². The van der Waals surface area contributed by atoms with Gasteiger partial charge in [-0.3, -0.25) is 4.90 Å². The molecule has 3 atom stereocenters. The molecule has 3 unspecified atom stereocenters. The van der Waals surface area contributed by atoms with Gasteiger partial charge >= 0.3 is 0 Å². The molecule has 23 heavy (non-hydrogen) atoms. The van der Waals surface area contributed by atoms with E-state index < -0.39 is 0 Å². The molecule has 0 spiro atoms. The lowest BCUT2D eigenvalue weighted by Crippen LogP contribution is -2.50. The first-order chi connectivity index (χ1) is 11.4. The van der Waals surface area contributed by atoms with E-state index in [0.717, 1.165) is 12.0 Å². The molecule has 3 nitrogen and oxygen atoms in total. The summed E-state index contributed by atoms with van der Waals surface area (Å²) in [5, 5.41) is 3.55. The summed E-state index contributed by atoms with van der Waals surface area (Å²) in [7, 11) is 0. The van der Waals surface area contributed by atoms with E-state index in [2.05, 4.69) is 39.4 Å². The first-order valence-electron chi connectivity index (χ1n) is 9.65. The van der Waals surface area contributed by atoms with Crippen LogP contribution in [-0.4, -0.2) is 50.2 Å². The Bertz CT molecular complexity index is 540. The van der Waals surface area contributed by atoms with E-state index in [1.807, 2.05) is 13.8 Å². The van der Waals surface area contributed by atoms with E-state index in [1.165, 1.54) is 64.2 Å². The topological polar surface area (TPSA) is 18.5 Å². The third-order valence-corrected chi connectivity index (χ3v) is 6.46. The third kappa shape index (κ3) is 2.58. The molecule has 4 aliphatic rings. The average molecular weight is 313 g/mol. The highest BCUT2D eigenvalue weighted by Crippen LogP contribution is 2.56. The number of rotatable bonds is 2. The van der Waals surface area contributed by atoms with Crippen molar-refractivity contribution in [2.24, 2.45) is 5.92 Å². The highest BCUT2D eigenvalue weighted by molar-refractivity contribution is 5.51. The van der Waals surface area contributed by atoms with Gasteiger partial charge in [0.15, 0.2) is 0 Å². The second-order valence-electron chi connectivity index (χ2n) is 7.51. The van der Waals surface area contributed by atoms with Crippen LogP contribution in [0.1, 0.15) is 38.7 Å². The maximum atomic E-state index is 3.55. The number of fused-ring (bicyclic) bond motifs is 2. The summed E-state index contributed by atoms with van der Waals surface area (Å²) in [4.78, 5) is 5.29. The minimum atomic E-state index is 0.503. The Morgan fingerprint density at radius 3 is 2.61 bits per heavy atom. The molecule has 3 heteroatoms. The van der Waals surface area contributed by atoms with Gasteiger partial charge in [0.1, 0.15) is 0 Å². The number of nitrogens with one attached hydrogen (secondary N) is 1. The molecule has 0 bridgehead atoms. The smallest absolute Gasteiger partial charge is 0.0367 e. The van der Waals surface area contributed by atoms with Crippen LogP contribution in [-0.2, 0) is 5.41 Å². The Labute approximate surface area is 141 Å². The molecule has 0 aromatic heterocycles. The van der Waals surface area contributed by atoms with Crippen LogP contribution in [0.3, 0.4) is 0 Å². The molecule has 3 saturated heterocycles. The fourth-order valence-electron chi connectivity index (χ4n) is 5.02. The monoisotopic (exact) mass is 313 g/mol. The largest absolute Gasteiger partial charge is 0.369 e. The Morgan fingerprint density at radius 1 is 1.09 bits per heavy atom. The van der Waals surface area contributed by atoms with Crippen LogP contribution in [0.2, 0.25) is 0 Å². The molecule has 0 radical (unpaired) electrons. The molecular weight excluding hydrogens is 282 g/mol. The standard InChI is InChI=1S/C18H25N3.C2H6/c1-2-17-12-21(9-8-20(17)7-1)16-5-3-14(4-6-16)18-10-15(18)11-19-13-18;1-2/h3-6,15,17,19H,1-2,7-13H2;1-2H3. The maximum absolute atomic E-state index is 3.55. The number of hydrogen-bond donors (Lipinski definition) is 1. The van der Waals surface area contributed by atoms with Gasteiger partial charge in [0.2, 0.25) is 0 Å². The van der Waals surface area contributed by atoms with Crippen LogP contribution >= 0.6 is 0 Å². The van der Waals surface area contributed by atoms with Crippen LogP contribution in [0.5, 0.6) is 0 Å². The first kappa shape index (κ1) is 15.5. The number of hydrogen-bond acceptors (Lipinski definition) is 3. The lowest BCUT2D eigenvalue weighted by Gasteiger charge is -2.39. The van der Waals surface area contributed by atoms with Crippen molar-refractivity contribution in [2.45, 2.75) is 44.6 Å². The van der Waals surface area contributed by atoms with Crippen LogP contribution < -0.4 is 10.2 Å². The van der Waals surface area contributed by atoms with Gasteiger partial charge in [0.25, 0.3) is 0 Å². The summed E-state index contributed by atoms with van der Waals surface area (Å²) in [6.45, 7) is 11.4. The maximum Gasteiger partial charge on any atom is 0.0367 e. The van der Waals surface area contributed by atoms with Crippen LogP contribution in [0.15, 0.2) is 24.3 Å². The Hall–Kier alpha value is -1.06. The molecule has 3 aliphatic heterocycles. The van der Waals surface area contributed by atoms with Crippen LogP contribution in [0, 0.1) is 5.92 Å². The van der Waals surface area contributed by atoms with E-state index >= 15 is 0 Å². The molecular formula is C20H31N3. The van der Waals surface area contributed by atoms with Crippen molar-refractivity contribution < 1.29 is 0 Å². The minimum Gasteiger partial charge on any atom is -0.369 e. The number of anilines is 1. The van der Waals surface area contributed by atoms with E-state index in [1.54, 1.807) is 5.56 Å². The summed E-state index contributed by atoms with van der Waals surface area (Å²) in [5.74, 6) is 0.908. The lowest BCUT2D eigenvalue weighted by atomic mass is 9.95. The number of piperidine rings is 1. The van der Waals surface area contributed by atoms with Crippen LogP contribution in [0.4, 0.5) is 5.69 Å². The summed E-state index contributed by atoms with van der Waals surface area (Å²) >= 11 is 0. The van der Waals surface area contributed by atoms with Gasteiger partial charge < -0.3 is 10.2 Å². The predicted octanol–water partition coefficient (Wildman–Crippen LogP) is 2.86. The number of nitrogens with zero attached hydrogens (tertiary/aromatic N) is 2. The number of benzene rings is 1. The molecule has 1 saturated carbocycles. The summed E-state index contributed by atoms with van der Waals surface area (Å²) in [6.07, 6.45) is 4.19. The van der Waals surface area contributed by atoms with Crippen LogP contribution in [0.25, 0.3) is 0 Å². The quantitative estimate of drug-likeness (QED) is 0.906. The van der Waals surface area contributed by atoms with Gasteiger partial charge in [-0.05, 0) is 56.0 Å². The van der Waals surface area contributed by atoms with E-state index in [4.69, 9.17) is 0 Å². The molecule has 1 aromatic rings. The Morgan fingerprint density at radius 2 is 1.91 bits per heavy atom. The van der Waals surface area contributed by atoms with Gasteiger partial charge in [-0.25, -0.2) is 0 Å². The molecule has 4 fully saturated rings. The van der Waals surface area contributed by atoms with E-state index in [-0.39, 0.29) is 0 Å². The van der Waals surface area contributed by atoms with Crippen molar-refractivity contribution >= 4 is 5.69 Å². The van der Waals surface area contributed by atoms with Crippen molar-refractivity contribution in [2.75, 3.05) is 44.2 Å². The van der Waals surface area contributed by atoms with Gasteiger partial charge in [-0.1, -0.05) is 26.0 Å². The molecule has 5 rings (SSSR count). The zero-order valence-electron chi connectivity index (χ0n) is 14.7. The second-order valence-corrected chi connectivity index (χ2v) is 7.51. The van der Waals surface area contributed by atoms with Crippen molar-refractivity contribution in [3.05, 3.63) is 29.8 Å². The van der Waals surface area contributed by atoms with Crippen molar-refractivity contribution in [1.82, 2.24) is 10.2 Å². The number of piperazine rings is 1. The fraction of sp³-hybridized carbons (Fsp3) is 0.700. The SMILES string of the molecule is CC.c1cc(C23CNCC2C3)ccc1N1CCN2CCCC2C1. The second kappa shape index (κ2) is 6.10. The Balaban J connectivity index is 0.000000652. The summed E-state index contributed by atoms with van der Waals surface area (Å²) in [5.41, 5.74) is 3.51. The van der Waals surface area contributed by atoms with Crippen molar-refractivity contribution in [3.63, 3.8) is 0 Å². The molecule has 126 valence electrons.